The number of aromatic nitrogens is 3. The molecule has 0 atom stereocenters. The molecule has 0 N–H and O–H groups in total. The van der Waals surface area contributed by atoms with Crippen LogP contribution in [-0.2, 0) is 7.05 Å². The van der Waals surface area contributed by atoms with Gasteiger partial charge in [-0.05, 0) is 6.92 Å². The SMILES string of the molecule is Cc1ccc(-c2nc(-c3ccccc3)n(C)n2)cc1. The molecule has 2 aromatic carbocycles. The zero-order chi connectivity index (χ0) is 13.2. The number of hydrogen-bond acceptors (Lipinski definition) is 2. The lowest BCUT2D eigenvalue weighted by atomic mass is 10.1. The Morgan fingerprint density at radius 2 is 1.53 bits per heavy atom. The monoisotopic (exact) mass is 249 g/mol. The van der Waals surface area contributed by atoms with E-state index in [9.17, 15) is 0 Å². The van der Waals surface area contributed by atoms with Gasteiger partial charge in [-0.1, -0.05) is 60.2 Å². The Morgan fingerprint density at radius 3 is 2.21 bits per heavy atom. The maximum absolute atomic E-state index is 4.63. The minimum atomic E-state index is 0.765. The molecule has 0 radical (unpaired) electrons. The van der Waals surface area contributed by atoms with Gasteiger partial charge in [-0.2, -0.15) is 5.10 Å². The van der Waals surface area contributed by atoms with Gasteiger partial charge in [-0.15, -0.1) is 0 Å². The molecule has 94 valence electrons. The lowest BCUT2D eigenvalue weighted by Crippen LogP contribution is -1.93. The van der Waals surface area contributed by atoms with Crippen molar-refractivity contribution in [2.24, 2.45) is 7.05 Å². The predicted octanol–water partition coefficient (Wildman–Crippen LogP) is 3.46. The molecule has 0 aliphatic heterocycles. The number of aryl methyl sites for hydroxylation is 2. The van der Waals surface area contributed by atoms with Crippen LogP contribution in [0.1, 0.15) is 5.56 Å². The summed E-state index contributed by atoms with van der Waals surface area (Å²) in [6, 6.07) is 18.4. The molecule has 19 heavy (non-hydrogen) atoms. The quantitative estimate of drug-likeness (QED) is 0.696. The van der Waals surface area contributed by atoms with Crippen molar-refractivity contribution in [3.63, 3.8) is 0 Å². The van der Waals surface area contributed by atoms with Crippen LogP contribution in [0.4, 0.5) is 0 Å². The van der Waals surface area contributed by atoms with E-state index < -0.39 is 0 Å². The van der Waals surface area contributed by atoms with Gasteiger partial charge in [-0.3, -0.25) is 0 Å². The highest BCUT2D eigenvalue weighted by Gasteiger charge is 2.10. The summed E-state index contributed by atoms with van der Waals surface area (Å²) in [4.78, 5) is 4.63. The number of nitrogens with zero attached hydrogens (tertiary/aromatic N) is 3. The van der Waals surface area contributed by atoms with E-state index in [1.807, 2.05) is 42.1 Å². The first kappa shape index (κ1) is 11.7. The standard InChI is InChI=1S/C16H15N3/c1-12-8-10-13(11-9-12)15-17-16(19(2)18-15)14-6-4-3-5-7-14/h3-11H,1-2H3. The van der Waals surface area contributed by atoms with Crippen molar-refractivity contribution < 1.29 is 0 Å². The lowest BCUT2D eigenvalue weighted by Gasteiger charge is -1.97. The highest BCUT2D eigenvalue weighted by atomic mass is 15.3. The van der Waals surface area contributed by atoms with E-state index in [0.717, 1.165) is 22.8 Å². The van der Waals surface area contributed by atoms with Crippen LogP contribution in [0.5, 0.6) is 0 Å². The Hall–Kier alpha value is -2.42. The molecule has 0 spiro atoms. The van der Waals surface area contributed by atoms with Gasteiger partial charge in [0.2, 0.25) is 0 Å². The van der Waals surface area contributed by atoms with Gasteiger partial charge in [0.1, 0.15) is 0 Å². The van der Waals surface area contributed by atoms with Crippen molar-refractivity contribution in [2.75, 3.05) is 0 Å². The molecular formula is C16H15N3. The van der Waals surface area contributed by atoms with Crippen molar-refractivity contribution in [1.82, 2.24) is 14.8 Å². The summed E-state index contributed by atoms with van der Waals surface area (Å²) in [7, 11) is 1.92. The molecule has 0 aliphatic rings. The molecule has 1 aromatic heterocycles. The summed E-state index contributed by atoms with van der Waals surface area (Å²) in [6.45, 7) is 2.07. The minimum absolute atomic E-state index is 0.765. The lowest BCUT2D eigenvalue weighted by molar-refractivity contribution is 0.777. The molecule has 0 saturated heterocycles. The van der Waals surface area contributed by atoms with E-state index in [4.69, 9.17) is 0 Å². The fourth-order valence-electron chi connectivity index (χ4n) is 2.05. The maximum atomic E-state index is 4.63. The first-order valence-corrected chi connectivity index (χ1v) is 6.27. The number of benzene rings is 2. The van der Waals surface area contributed by atoms with Crippen LogP contribution in [0.15, 0.2) is 54.6 Å². The van der Waals surface area contributed by atoms with Crippen LogP contribution >= 0.6 is 0 Å². The van der Waals surface area contributed by atoms with Gasteiger partial charge in [-0.25, -0.2) is 9.67 Å². The molecule has 3 aromatic rings. The van der Waals surface area contributed by atoms with Gasteiger partial charge in [0.25, 0.3) is 0 Å². The summed E-state index contributed by atoms with van der Waals surface area (Å²) >= 11 is 0. The van der Waals surface area contributed by atoms with Crippen molar-refractivity contribution in [3.8, 4) is 22.8 Å². The molecule has 0 bridgehead atoms. The van der Waals surface area contributed by atoms with Gasteiger partial charge in [0.15, 0.2) is 11.6 Å². The van der Waals surface area contributed by atoms with E-state index in [1.165, 1.54) is 5.56 Å². The van der Waals surface area contributed by atoms with Gasteiger partial charge < -0.3 is 0 Å². The van der Waals surface area contributed by atoms with Gasteiger partial charge >= 0.3 is 0 Å². The molecule has 3 nitrogen and oxygen atoms in total. The normalized spacial score (nSPS) is 10.6. The van der Waals surface area contributed by atoms with Crippen molar-refractivity contribution >= 4 is 0 Å². The topological polar surface area (TPSA) is 30.7 Å². The Kier molecular flexibility index (Phi) is 2.88. The summed E-state index contributed by atoms with van der Waals surface area (Å²) in [5.41, 5.74) is 3.36. The van der Waals surface area contributed by atoms with Gasteiger partial charge in [0, 0.05) is 18.2 Å². The first-order valence-electron chi connectivity index (χ1n) is 6.27. The third-order valence-electron chi connectivity index (χ3n) is 3.10. The smallest absolute Gasteiger partial charge is 0.181 e. The third kappa shape index (κ3) is 2.27. The Balaban J connectivity index is 2.04. The first-order chi connectivity index (χ1) is 9.24. The van der Waals surface area contributed by atoms with E-state index >= 15 is 0 Å². The molecule has 0 amide bonds. The fraction of sp³-hybridized carbons (Fsp3) is 0.125. The molecule has 1 heterocycles. The fourth-order valence-corrected chi connectivity index (χ4v) is 2.05. The average Bonchev–Trinajstić information content (AvgIpc) is 2.83. The zero-order valence-corrected chi connectivity index (χ0v) is 11.0. The Bertz CT molecular complexity index is 682. The molecule has 3 heteroatoms. The van der Waals surface area contributed by atoms with Crippen LogP contribution in [0, 0.1) is 6.92 Å². The molecule has 0 fully saturated rings. The van der Waals surface area contributed by atoms with Crippen molar-refractivity contribution in [2.45, 2.75) is 6.92 Å². The highest BCUT2D eigenvalue weighted by Crippen LogP contribution is 2.21. The van der Waals surface area contributed by atoms with E-state index in [1.54, 1.807) is 0 Å². The highest BCUT2D eigenvalue weighted by molar-refractivity contribution is 5.61. The number of hydrogen-bond donors (Lipinski definition) is 0. The number of rotatable bonds is 2. The maximum Gasteiger partial charge on any atom is 0.181 e. The van der Waals surface area contributed by atoms with Crippen LogP contribution in [0.2, 0.25) is 0 Å². The van der Waals surface area contributed by atoms with Crippen LogP contribution in [0.25, 0.3) is 22.8 Å². The van der Waals surface area contributed by atoms with E-state index in [2.05, 4.69) is 41.3 Å². The van der Waals surface area contributed by atoms with Crippen LogP contribution < -0.4 is 0 Å². The summed E-state index contributed by atoms with van der Waals surface area (Å²) in [6.07, 6.45) is 0. The summed E-state index contributed by atoms with van der Waals surface area (Å²) in [5.74, 6) is 1.65. The zero-order valence-electron chi connectivity index (χ0n) is 11.0. The average molecular weight is 249 g/mol. The Labute approximate surface area is 112 Å². The molecule has 0 aliphatic carbocycles. The van der Waals surface area contributed by atoms with Crippen molar-refractivity contribution in [3.05, 3.63) is 60.2 Å². The minimum Gasteiger partial charge on any atom is -0.248 e. The molecule has 0 saturated carbocycles. The third-order valence-corrected chi connectivity index (χ3v) is 3.10. The second-order valence-corrected chi connectivity index (χ2v) is 4.61. The second kappa shape index (κ2) is 4.69. The molecule has 3 rings (SSSR count). The van der Waals surface area contributed by atoms with Crippen LogP contribution in [-0.4, -0.2) is 14.8 Å². The van der Waals surface area contributed by atoms with Crippen LogP contribution in [0.3, 0.4) is 0 Å². The largest absolute Gasteiger partial charge is 0.248 e. The summed E-state index contributed by atoms with van der Waals surface area (Å²) in [5, 5.41) is 4.49. The van der Waals surface area contributed by atoms with E-state index in [0.29, 0.717) is 0 Å². The molecule has 0 unspecified atom stereocenters. The van der Waals surface area contributed by atoms with Crippen molar-refractivity contribution in [1.29, 1.82) is 0 Å². The summed E-state index contributed by atoms with van der Waals surface area (Å²) < 4.78 is 1.82. The second-order valence-electron chi connectivity index (χ2n) is 4.61. The van der Waals surface area contributed by atoms with E-state index in [-0.39, 0.29) is 0 Å². The van der Waals surface area contributed by atoms with Gasteiger partial charge in [0.05, 0.1) is 0 Å². The predicted molar refractivity (Wildman–Crippen MR) is 76.6 cm³/mol. The Morgan fingerprint density at radius 1 is 0.842 bits per heavy atom. The molecular weight excluding hydrogens is 234 g/mol.